The first-order valence-electron chi connectivity index (χ1n) is 6.41. The van der Waals surface area contributed by atoms with Crippen molar-refractivity contribution in [3.63, 3.8) is 0 Å². The minimum absolute atomic E-state index is 0.0731. The van der Waals surface area contributed by atoms with Gasteiger partial charge in [0, 0.05) is 0 Å². The Balaban J connectivity index is 2.63. The summed E-state index contributed by atoms with van der Waals surface area (Å²) < 4.78 is 90.1. The third-order valence-electron chi connectivity index (χ3n) is 3.09. The number of sulfonamides is 1. The fourth-order valence-electron chi connectivity index (χ4n) is 1.98. The maximum Gasteiger partial charge on any atom is 0.268 e. The van der Waals surface area contributed by atoms with Crippen LogP contribution in [0.15, 0.2) is 27.6 Å². The van der Waals surface area contributed by atoms with Gasteiger partial charge < -0.3 is 9.47 Å². The second kappa shape index (κ2) is 7.08. The molecule has 0 aliphatic rings. The number of hydrogen-bond donors (Lipinski definition) is 1. The molecule has 11 heteroatoms. The second-order valence-electron chi connectivity index (χ2n) is 4.55. The number of halogens is 5. The zero-order valence-electron chi connectivity index (χ0n) is 12.7. The number of benzene rings is 2. The second-order valence-corrected chi connectivity index (χ2v) is 6.96. The maximum atomic E-state index is 14.1. The highest BCUT2D eigenvalue weighted by atomic mass is 79.9. The van der Waals surface area contributed by atoms with Gasteiger partial charge in [-0.25, -0.2) is 26.0 Å². The fraction of sp³-hybridized carbons (Fsp3) is 0.143. The normalized spacial score (nSPS) is 11.3. The lowest BCUT2D eigenvalue weighted by atomic mass is 10.3. The first kappa shape index (κ1) is 19.3. The quantitative estimate of drug-likeness (QED) is 0.433. The smallest absolute Gasteiger partial charge is 0.268 e. The SMILES string of the molecule is COc1cccc(NS(=O)(=O)c2c(F)c(F)c(F)c(Br)c2F)c1OC. The lowest BCUT2D eigenvalue weighted by molar-refractivity contribution is 0.356. The van der Waals surface area contributed by atoms with E-state index in [1.807, 2.05) is 4.72 Å². The number of ether oxygens (including phenoxy) is 2. The van der Waals surface area contributed by atoms with Crippen molar-refractivity contribution in [3.8, 4) is 11.5 Å². The van der Waals surface area contributed by atoms with Gasteiger partial charge in [0.1, 0.15) is 0 Å². The van der Waals surface area contributed by atoms with Crippen LogP contribution in [0.25, 0.3) is 0 Å². The Labute approximate surface area is 148 Å². The highest BCUT2D eigenvalue weighted by Crippen LogP contribution is 2.37. The summed E-state index contributed by atoms with van der Waals surface area (Å²) in [4.78, 5) is -1.68. The molecule has 2 aromatic rings. The largest absolute Gasteiger partial charge is 0.493 e. The Kier molecular flexibility index (Phi) is 5.47. The van der Waals surface area contributed by atoms with E-state index in [1.54, 1.807) is 0 Å². The summed E-state index contributed by atoms with van der Waals surface area (Å²) in [5.41, 5.74) is -0.221. The van der Waals surface area contributed by atoms with Gasteiger partial charge in [-0.2, -0.15) is 0 Å². The molecule has 0 radical (unpaired) electrons. The highest BCUT2D eigenvalue weighted by Gasteiger charge is 2.33. The van der Waals surface area contributed by atoms with Crippen LogP contribution in [-0.4, -0.2) is 22.6 Å². The van der Waals surface area contributed by atoms with Crippen LogP contribution in [0.2, 0.25) is 0 Å². The van der Waals surface area contributed by atoms with Crippen LogP contribution >= 0.6 is 15.9 Å². The van der Waals surface area contributed by atoms with Crippen molar-refractivity contribution < 1.29 is 35.5 Å². The molecular formula is C14H10BrF4NO4S. The number of para-hydroxylation sites is 1. The van der Waals surface area contributed by atoms with Crippen molar-refractivity contribution in [3.05, 3.63) is 45.9 Å². The Hall–Kier alpha value is -2.01. The maximum absolute atomic E-state index is 14.1. The number of hydrogen-bond acceptors (Lipinski definition) is 4. The Morgan fingerprint density at radius 3 is 2.16 bits per heavy atom. The van der Waals surface area contributed by atoms with Gasteiger partial charge in [0.25, 0.3) is 10.0 Å². The zero-order chi connectivity index (χ0) is 18.9. The summed E-state index contributed by atoms with van der Waals surface area (Å²) in [5.74, 6) is -7.95. The summed E-state index contributed by atoms with van der Waals surface area (Å²) >= 11 is 2.35. The van der Waals surface area contributed by atoms with Crippen molar-refractivity contribution in [2.45, 2.75) is 4.90 Å². The van der Waals surface area contributed by atoms with E-state index >= 15 is 0 Å². The van der Waals surface area contributed by atoms with Crippen molar-refractivity contribution in [1.82, 2.24) is 0 Å². The molecule has 136 valence electrons. The van der Waals surface area contributed by atoms with Gasteiger partial charge in [-0.1, -0.05) is 6.07 Å². The number of rotatable bonds is 5. The molecule has 0 atom stereocenters. The first-order valence-corrected chi connectivity index (χ1v) is 8.68. The van der Waals surface area contributed by atoms with E-state index in [0.717, 1.165) is 0 Å². The first-order chi connectivity index (χ1) is 11.7. The third kappa shape index (κ3) is 3.38. The van der Waals surface area contributed by atoms with Gasteiger partial charge in [-0.3, -0.25) is 4.72 Å². The molecule has 5 nitrogen and oxygen atoms in total. The molecule has 0 bridgehead atoms. The summed E-state index contributed by atoms with van der Waals surface area (Å²) in [7, 11) is -2.46. The third-order valence-corrected chi connectivity index (χ3v) is 5.17. The van der Waals surface area contributed by atoms with Gasteiger partial charge in [0.15, 0.2) is 39.7 Å². The molecule has 2 rings (SSSR count). The average molecular weight is 444 g/mol. The standard InChI is InChI=1S/C14H10BrF4NO4S/c1-23-7-5-3-4-6(13(7)24-2)20-25(21,22)14-10(17)8(15)9(16)11(18)12(14)19/h3-5,20H,1-2H3. The van der Waals surface area contributed by atoms with Crippen LogP contribution in [0.4, 0.5) is 23.2 Å². The van der Waals surface area contributed by atoms with E-state index in [-0.39, 0.29) is 17.2 Å². The van der Waals surface area contributed by atoms with E-state index in [1.165, 1.54) is 32.4 Å². The Morgan fingerprint density at radius 2 is 1.60 bits per heavy atom. The Morgan fingerprint density at radius 1 is 0.960 bits per heavy atom. The van der Waals surface area contributed by atoms with Gasteiger partial charge in [-0.15, -0.1) is 0 Å². The van der Waals surface area contributed by atoms with E-state index in [9.17, 15) is 26.0 Å². The molecule has 0 aromatic heterocycles. The van der Waals surface area contributed by atoms with Gasteiger partial charge in [-0.05, 0) is 28.1 Å². The molecule has 0 aliphatic heterocycles. The van der Waals surface area contributed by atoms with E-state index in [4.69, 9.17) is 9.47 Å². The molecule has 0 aliphatic carbocycles. The van der Waals surface area contributed by atoms with Gasteiger partial charge in [0.2, 0.25) is 0 Å². The van der Waals surface area contributed by atoms with Crippen molar-refractivity contribution in [2.75, 3.05) is 18.9 Å². The lowest BCUT2D eigenvalue weighted by Gasteiger charge is -2.15. The molecule has 0 saturated heterocycles. The summed E-state index contributed by atoms with van der Waals surface area (Å²) in [5, 5.41) is 0. The predicted molar refractivity (Wildman–Crippen MR) is 84.3 cm³/mol. The van der Waals surface area contributed by atoms with Crippen LogP contribution in [0, 0.1) is 23.3 Å². The van der Waals surface area contributed by atoms with E-state index < -0.39 is 42.7 Å². The fourth-order valence-corrected chi connectivity index (χ4v) is 3.70. The molecule has 0 fully saturated rings. The molecule has 0 unspecified atom stereocenters. The van der Waals surface area contributed by atoms with Crippen LogP contribution in [0.5, 0.6) is 11.5 Å². The average Bonchev–Trinajstić information content (AvgIpc) is 2.57. The van der Waals surface area contributed by atoms with Gasteiger partial charge in [0.05, 0.1) is 24.4 Å². The molecular weight excluding hydrogens is 434 g/mol. The molecule has 0 heterocycles. The molecule has 2 aromatic carbocycles. The van der Waals surface area contributed by atoms with Crippen LogP contribution < -0.4 is 14.2 Å². The van der Waals surface area contributed by atoms with Crippen LogP contribution in [-0.2, 0) is 10.0 Å². The molecule has 0 amide bonds. The van der Waals surface area contributed by atoms with Crippen molar-refractivity contribution in [1.29, 1.82) is 0 Å². The predicted octanol–water partition coefficient (Wildman–Crippen LogP) is 3.82. The summed E-state index contributed by atoms with van der Waals surface area (Å²) in [6.45, 7) is 0. The number of nitrogens with one attached hydrogen (secondary N) is 1. The lowest BCUT2D eigenvalue weighted by Crippen LogP contribution is -2.19. The number of anilines is 1. The van der Waals surface area contributed by atoms with E-state index in [2.05, 4.69) is 15.9 Å². The highest BCUT2D eigenvalue weighted by molar-refractivity contribution is 9.10. The molecule has 0 saturated carbocycles. The van der Waals surface area contributed by atoms with Gasteiger partial charge >= 0.3 is 0 Å². The van der Waals surface area contributed by atoms with E-state index in [0.29, 0.717) is 0 Å². The molecule has 1 N–H and O–H groups in total. The number of methoxy groups -OCH3 is 2. The topological polar surface area (TPSA) is 64.6 Å². The summed E-state index contributed by atoms with van der Waals surface area (Å²) in [6.07, 6.45) is 0. The minimum atomic E-state index is -4.97. The van der Waals surface area contributed by atoms with Crippen LogP contribution in [0.3, 0.4) is 0 Å². The minimum Gasteiger partial charge on any atom is -0.493 e. The molecule has 25 heavy (non-hydrogen) atoms. The molecule has 0 spiro atoms. The van der Waals surface area contributed by atoms with Crippen molar-refractivity contribution in [2.24, 2.45) is 0 Å². The van der Waals surface area contributed by atoms with Crippen LogP contribution in [0.1, 0.15) is 0 Å². The Bertz CT molecular complexity index is 908. The monoisotopic (exact) mass is 443 g/mol. The zero-order valence-corrected chi connectivity index (χ0v) is 15.1. The summed E-state index contributed by atoms with van der Waals surface area (Å²) in [6, 6.07) is 4.06. The van der Waals surface area contributed by atoms with Crippen molar-refractivity contribution >= 4 is 31.6 Å².